The number of carbonyl (C=O) groups excluding carboxylic acids is 1. The molecule has 2 aliphatic heterocycles. The molecule has 0 unspecified atom stereocenters. The molecule has 172 valence electrons. The second-order valence-corrected chi connectivity index (χ2v) is 8.76. The number of hydrogen-bond donors (Lipinski definition) is 0. The number of rotatable bonds is 7. The van der Waals surface area contributed by atoms with Gasteiger partial charge in [-0.05, 0) is 18.6 Å². The zero-order valence-corrected chi connectivity index (χ0v) is 19.2. The van der Waals surface area contributed by atoms with E-state index in [0.717, 1.165) is 30.9 Å². The van der Waals surface area contributed by atoms with Gasteiger partial charge in [-0.15, -0.1) is 0 Å². The Bertz CT molecular complexity index is 888. The molecule has 0 N–H and O–H groups in total. The Morgan fingerprint density at radius 1 is 1.03 bits per heavy atom. The molecule has 0 saturated carbocycles. The molecular formula is C26H34N2O4. The van der Waals surface area contributed by atoms with E-state index in [4.69, 9.17) is 14.2 Å². The summed E-state index contributed by atoms with van der Waals surface area (Å²) < 4.78 is 17.4. The molecule has 2 heterocycles. The maximum atomic E-state index is 13.6. The Labute approximate surface area is 191 Å². The van der Waals surface area contributed by atoms with E-state index in [9.17, 15) is 4.79 Å². The first-order valence-electron chi connectivity index (χ1n) is 11.5. The molecule has 0 atom stereocenters. The number of piperazine rings is 1. The average Bonchev–Trinajstić information content (AvgIpc) is 2.84. The predicted octanol–water partition coefficient (Wildman–Crippen LogP) is 3.41. The monoisotopic (exact) mass is 438 g/mol. The third-order valence-electron chi connectivity index (χ3n) is 6.54. The van der Waals surface area contributed by atoms with Gasteiger partial charge in [-0.3, -0.25) is 9.69 Å². The SMILES string of the molecule is COc1ccc(C)cc1CN1CCN(C(=O)C2(OCc3ccccc3)CCOCC2)CC1. The van der Waals surface area contributed by atoms with E-state index in [0.29, 0.717) is 45.8 Å². The highest BCUT2D eigenvalue weighted by Crippen LogP contribution is 2.30. The Kier molecular flexibility index (Phi) is 7.45. The third kappa shape index (κ3) is 5.31. The lowest BCUT2D eigenvalue weighted by atomic mass is 9.91. The first-order chi connectivity index (χ1) is 15.6. The van der Waals surface area contributed by atoms with Gasteiger partial charge in [0.05, 0.1) is 13.7 Å². The number of amides is 1. The van der Waals surface area contributed by atoms with Crippen LogP contribution in [0.3, 0.4) is 0 Å². The minimum absolute atomic E-state index is 0.115. The summed E-state index contributed by atoms with van der Waals surface area (Å²) in [4.78, 5) is 18.0. The van der Waals surface area contributed by atoms with Gasteiger partial charge in [0.25, 0.3) is 5.91 Å². The van der Waals surface area contributed by atoms with Gasteiger partial charge in [-0.1, -0.05) is 48.0 Å². The van der Waals surface area contributed by atoms with E-state index >= 15 is 0 Å². The zero-order valence-electron chi connectivity index (χ0n) is 19.2. The van der Waals surface area contributed by atoms with E-state index in [1.165, 1.54) is 11.1 Å². The lowest BCUT2D eigenvalue weighted by molar-refractivity contribution is -0.175. The van der Waals surface area contributed by atoms with Crippen molar-refractivity contribution in [1.29, 1.82) is 0 Å². The van der Waals surface area contributed by atoms with Crippen LogP contribution in [-0.2, 0) is 27.4 Å². The molecular weight excluding hydrogens is 404 g/mol. The van der Waals surface area contributed by atoms with E-state index in [-0.39, 0.29) is 5.91 Å². The number of hydrogen-bond acceptors (Lipinski definition) is 5. The maximum Gasteiger partial charge on any atom is 0.255 e. The summed E-state index contributed by atoms with van der Waals surface area (Å²) in [6, 6.07) is 16.4. The summed E-state index contributed by atoms with van der Waals surface area (Å²) in [6.07, 6.45) is 1.22. The third-order valence-corrected chi connectivity index (χ3v) is 6.54. The molecule has 0 aromatic heterocycles. The fourth-order valence-electron chi connectivity index (χ4n) is 4.59. The Balaban J connectivity index is 1.38. The summed E-state index contributed by atoms with van der Waals surface area (Å²) in [7, 11) is 1.72. The van der Waals surface area contributed by atoms with Crippen molar-refractivity contribution in [2.75, 3.05) is 46.5 Å². The van der Waals surface area contributed by atoms with Crippen molar-refractivity contribution in [1.82, 2.24) is 9.80 Å². The van der Waals surface area contributed by atoms with Crippen LogP contribution in [0, 0.1) is 6.92 Å². The lowest BCUT2D eigenvalue weighted by Crippen LogP contribution is -2.58. The first-order valence-corrected chi connectivity index (χ1v) is 11.5. The van der Waals surface area contributed by atoms with E-state index in [1.54, 1.807) is 7.11 Å². The van der Waals surface area contributed by atoms with Crippen LogP contribution in [0.2, 0.25) is 0 Å². The number of carbonyl (C=O) groups is 1. The van der Waals surface area contributed by atoms with Crippen LogP contribution in [-0.4, -0.2) is 67.8 Å². The van der Waals surface area contributed by atoms with E-state index < -0.39 is 5.60 Å². The van der Waals surface area contributed by atoms with E-state index in [1.807, 2.05) is 41.3 Å². The highest BCUT2D eigenvalue weighted by Gasteiger charge is 2.44. The molecule has 32 heavy (non-hydrogen) atoms. The van der Waals surface area contributed by atoms with Crippen LogP contribution < -0.4 is 4.74 Å². The predicted molar refractivity (Wildman–Crippen MR) is 124 cm³/mol. The van der Waals surface area contributed by atoms with Crippen LogP contribution >= 0.6 is 0 Å². The highest BCUT2D eigenvalue weighted by molar-refractivity contribution is 5.85. The summed E-state index contributed by atoms with van der Waals surface area (Å²) in [6.45, 7) is 7.61. The van der Waals surface area contributed by atoms with Gasteiger partial charge in [0.2, 0.25) is 0 Å². The highest BCUT2D eigenvalue weighted by atomic mass is 16.5. The second-order valence-electron chi connectivity index (χ2n) is 8.76. The van der Waals surface area contributed by atoms with Crippen molar-refractivity contribution in [2.45, 2.75) is 38.5 Å². The number of ether oxygens (including phenoxy) is 3. The Hall–Kier alpha value is -2.41. The van der Waals surface area contributed by atoms with Crippen molar-refractivity contribution >= 4 is 5.91 Å². The van der Waals surface area contributed by atoms with Gasteiger partial charge in [-0.25, -0.2) is 0 Å². The molecule has 2 aromatic carbocycles. The van der Waals surface area contributed by atoms with E-state index in [2.05, 4.69) is 24.0 Å². The number of nitrogens with zero attached hydrogens (tertiary/aromatic N) is 2. The van der Waals surface area contributed by atoms with Crippen molar-refractivity contribution in [2.24, 2.45) is 0 Å². The lowest BCUT2D eigenvalue weighted by Gasteiger charge is -2.42. The minimum atomic E-state index is -0.782. The first kappa shape index (κ1) is 22.8. The quantitative estimate of drug-likeness (QED) is 0.663. The largest absolute Gasteiger partial charge is 0.496 e. The summed E-state index contributed by atoms with van der Waals surface area (Å²) in [5, 5.41) is 0. The van der Waals surface area contributed by atoms with Gasteiger partial charge in [0, 0.05) is 64.3 Å². The summed E-state index contributed by atoms with van der Waals surface area (Å²) in [5.74, 6) is 1.04. The Morgan fingerprint density at radius 3 is 2.44 bits per heavy atom. The maximum absolute atomic E-state index is 13.6. The van der Waals surface area contributed by atoms with Crippen molar-refractivity contribution in [3.05, 3.63) is 65.2 Å². The second kappa shape index (κ2) is 10.5. The molecule has 6 nitrogen and oxygen atoms in total. The molecule has 0 radical (unpaired) electrons. The number of methoxy groups -OCH3 is 1. The van der Waals surface area contributed by atoms with Crippen molar-refractivity contribution in [3.8, 4) is 5.75 Å². The van der Waals surface area contributed by atoms with Gasteiger partial charge >= 0.3 is 0 Å². The summed E-state index contributed by atoms with van der Waals surface area (Å²) >= 11 is 0. The van der Waals surface area contributed by atoms with Crippen LogP contribution in [0.25, 0.3) is 0 Å². The van der Waals surface area contributed by atoms with Gasteiger partial charge < -0.3 is 19.1 Å². The van der Waals surface area contributed by atoms with Crippen LogP contribution in [0.15, 0.2) is 48.5 Å². The fraction of sp³-hybridized carbons (Fsp3) is 0.500. The molecule has 0 spiro atoms. The summed E-state index contributed by atoms with van der Waals surface area (Å²) in [5.41, 5.74) is 2.73. The fourth-order valence-corrected chi connectivity index (χ4v) is 4.59. The van der Waals surface area contributed by atoms with Crippen molar-refractivity contribution in [3.63, 3.8) is 0 Å². The molecule has 2 aliphatic rings. The van der Waals surface area contributed by atoms with Gasteiger partial charge in [-0.2, -0.15) is 0 Å². The van der Waals surface area contributed by atoms with Crippen LogP contribution in [0.1, 0.15) is 29.5 Å². The van der Waals surface area contributed by atoms with Crippen LogP contribution in [0.5, 0.6) is 5.75 Å². The van der Waals surface area contributed by atoms with Gasteiger partial charge in [0.15, 0.2) is 5.60 Å². The molecule has 0 bridgehead atoms. The average molecular weight is 439 g/mol. The number of benzene rings is 2. The Morgan fingerprint density at radius 2 is 1.75 bits per heavy atom. The molecule has 1 amide bonds. The normalized spacial score (nSPS) is 19.0. The standard InChI is InChI=1S/C26H34N2O4/c1-21-8-9-24(30-2)23(18-21)19-27-12-14-28(15-13-27)25(29)26(10-16-31-17-11-26)32-20-22-6-4-3-5-7-22/h3-9,18H,10-17,19-20H2,1-2H3. The van der Waals surface area contributed by atoms with Gasteiger partial charge in [0.1, 0.15) is 5.75 Å². The minimum Gasteiger partial charge on any atom is -0.496 e. The zero-order chi connectivity index (χ0) is 22.4. The number of aryl methyl sites for hydroxylation is 1. The molecule has 0 aliphatic carbocycles. The smallest absolute Gasteiger partial charge is 0.255 e. The molecule has 2 aromatic rings. The molecule has 2 fully saturated rings. The van der Waals surface area contributed by atoms with Crippen LogP contribution in [0.4, 0.5) is 0 Å². The molecule has 6 heteroatoms. The molecule has 4 rings (SSSR count). The topological polar surface area (TPSA) is 51.2 Å². The van der Waals surface area contributed by atoms with Crippen molar-refractivity contribution < 1.29 is 19.0 Å². The molecule has 2 saturated heterocycles.